The predicted octanol–water partition coefficient (Wildman–Crippen LogP) is 5.25. The first kappa shape index (κ1) is 28.0. The molecule has 2 amide bonds. The summed E-state index contributed by atoms with van der Waals surface area (Å²) in [5.74, 6) is -0.228. The Morgan fingerprint density at radius 3 is 2.30 bits per heavy atom. The quantitative estimate of drug-likeness (QED) is 0.133. The first-order chi connectivity index (χ1) is 17.8. The van der Waals surface area contributed by atoms with Crippen LogP contribution in [-0.4, -0.2) is 32.2 Å². The molecule has 0 spiro atoms. The van der Waals surface area contributed by atoms with E-state index in [9.17, 15) is 9.59 Å². The number of hydrogen-bond acceptors (Lipinski definition) is 6. The van der Waals surface area contributed by atoms with Crippen molar-refractivity contribution in [2.75, 3.05) is 19.5 Å². The smallest absolute Gasteiger partial charge is 0.252 e. The van der Waals surface area contributed by atoms with Crippen molar-refractivity contribution >= 4 is 46.3 Å². The van der Waals surface area contributed by atoms with Gasteiger partial charge in [0.1, 0.15) is 18.3 Å². The number of carbonyl (C=O) groups is 2. The molecular weight excluding hydrogens is 585 g/mol. The van der Waals surface area contributed by atoms with Gasteiger partial charge in [-0.3, -0.25) is 9.59 Å². The van der Waals surface area contributed by atoms with Gasteiger partial charge >= 0.3 is 0 Å². The summed E-state index contributed by atoms with van der Waals surface area (Å²) in [5.41, 5.74) is 4.82. The number of amides is 2. The lowest BCUT2D eigenvalue weighted by atomic mass is 9.94. The van der Waals surface area contributed by atoms with Gasteiger partial charge in [-0.25, -0.2) is 5.43 Å². The van der Waals surface area contributed by atoms with Gasteiger partial charge in [0.05, 0.1) is 24.0 Å². The molecule has 0 bridgehead atoms. The van der Waals surface area contributed by atoms with Gasteiger partial charge in [-0.15, -0.1) is 0 Å². The molecule has 194 valence electrons. The zero-order chi connectivity index (χ0) is 26.8. The van der Waals surface area contributed by atoms with E-state index in [2.05, 4.69) is 38.4 Å². The molecule has 1 atom stereocenters. The van der Waals surface area contributed by atoms with Gasteiger partial charge in [-0.1, -0.05) is 44.2 Å². The Morgan fingerprint density at radius 2 is 1.68 bits per heavy atom. The molecule has 3 aromatic carbocycles. The molecule has 3 aromatic rings. The standard InChI is InChI=1S/C28H30IN3O5/c1-18(2)25(27(33)31-21-10-12-22(35-3)13-11-21)28(34)32-30-16-20-14-23(29)26(24(15-20)36-4)37-17-19-8-6-5-7-9-19/h5-16,18,25H,17H2,1-4H3,(H,31,33)(H,32,34). The number of nitrogens with one attached hydrogen (secondary N) is 2. The molecule has 3 rings (SSSR count). The molecule has 0 aliphatic heterocycles. The van der Waals surface area contributed by atoms with E-state index in [1.54, 1.807) is 44.6 Å². The van der Waals surface area contributed by atoms with Crippen molar-refractivity contribution in [1.82, 2.24) is 5.43 Å². The topological polar surface area (TPSA) is 98.2 Å². The summed E-state index contributed by atoms with van der Waals surface area (Å²) in [4.78, 5) is 25.6. The van der Waals surface area contributed by atoms with Gasteiger partial charge in [0.2, 0.25) is 5.91 Å². The number of methoxy groups -OCH3 is 2. The van der Waals surface area contributed by atoms with Crippen LogP contribution in [0.4, 0.5) is 5.69 Å². The fraction of sp³-hybridized carbons (Fsp3) is 0.250. The van der Waals surface area contributed by atoms with Gasteiger partial charge in [0.15, 0.2) is 11.5 Å². The molecule has 0 heterocycles. The second-order valence-corrected chi connectivity index (χ2v) is 9.64. The van der Waals surface area contributed by atoms with Crippen LogP contribution >= 0.6 is 22.6 Å². The number of rotatable bonds is 11. The van der Waals surface area contributed by atoms with Crippen molar-refractivity contribution in [2.24, 2.45) is 16.9 Å². The SMILES string of the molecule is COc1ccc(NC(=O)C(C(=O)NN=Cc2cc(I)c(OCc3ccccc3)c(OC)c2)C(C)C)cc1. The number of hydrogen-bond donors (Lipinski definition) is 2. The highest BCUT2D eigenvalue weighted by atomic mass is 127. The zero-order valence-corrected chi connectivity index (χ0v) is 23.3. The average Bonchev–Trinajstić information content (AvgIpc) is 2.88. The second kappa shape index (κ2) is 13.6. The third-order valence-electron chi connectivity index (χ3n) is 5.46. The highest BCUT2D eigenvalue weighted by Crippen LogP contribution is 2.34. The minimum Gasteiger partial charge on any atom is -0.497 e. The lowest BCUT2D eigenvalue weighted by molar-refractivity contribution is -0.134. The molecule has 8 nitrogen and oxygen atoms in total. The van der Waals surface area contributed by atoms with Crippen LogP contribution < -0.4 is 25.0 Å². The molecule has 37 heavy (non-hydrogen) atoms. The van der Waals surface area contributed by atoms with Crippen LogP contribution in [0.15, 0.2) is 71.8 Å². The molecule has 0 aliphatic carbocycles. The number of ether oxygens (including phenoxy) is 3. The van der Waals surface area contributed by atoms with Crippen molar-refractivity contribution in [3.63, 3.8) is 0 Å². The monoisotopic (exact) mass is 615 g/mol. The van der Waals surface area contributed by atoms with E-state index in [1.165, 1.54) is 6.21 Å². The van der Waals surface area contributed by atoms with E-state index in [4.69, 9.17) is 14.2 Å². The zero-order valence-electron chi connectivity index (χ0n) is 21.2. The van der Waals surface area contributed by atoms with Crippen LogP contribution in [-0.2, 0) is 16.2 Å². The van der Waals surface area contributed by atoms with E-state index in [1.807, 2.05) is 50.2 Å². The van der Waals surface area contributed by atoms with Crippen LogP contribution in [0, 0.1) is 15.4 Å². The maximum atomic E-state index is 12.8. The number of carbonyl (C=O) groups excluding carboxylic acids is 2. The van der Waals surface area contributed by atoms with Crippen molar-refractivity contribution in [1.29, 1.82) is 0 Å². The van der Waals surface area contributed by atoms with Gasteiger partial charge in [0.25, 0.3) is 5.91 Å². The van der Waals surface area contributed by atoms with E-state index in [0.717, 1.165) is 9.13 Å². The van der Waals surface area contributed by atoms with E-state index < -0.39 is 17.7 Å². The van der Waals surface area contributed by atoms with Crippen molar-refractivity contribution in [2.45, 2.75) is 20.5 Å². The first-order valence-electron chi connectivity index (χ1n) is 11.6. The molecule has 0 saturated carbocycles. The van der Waals surface area contributed by atoms with Crippen molar-refractivity contribution < 1.29 is 23.8 Å². The predicted molar refractivity (Wildman–Crippen MR) is 152 cm³/mol. The van der Waals surface area contributed by atoms with Crippen LogP contribution in [0.5, 0.6) is 17.2 Å². The number of anilines is 1. The van der Waals surface area contributed by atoms with Crippen LogP contribution in [0.2, 0.25) is 0 Å². The molecule has 1 unspecified atom stereocenters. The molecule has 0 radical (unpaired) electrons. The van der Waals surface area contributed by atoms with E-state index in [0.29, 0.717) is 35.1 Å². The Labute approximate surface area is 230 Å². The van der Waals surface area contributed by atoms with Crippen LogP contribution in [0.1, 0.15) is 25.0 Å². The van der Waals surface area contributed by atoms with Gasteiger partial charge in [-0.2, -0.15) is 5.10 Å². The minimum absolute atomic E-state index is 0.240. The summed E-state index contributed by atoms with van der Waals surface area (Å²) < 4.78 is 17.5. The summed E-state index contributed by atoms with van der Waals surface area (Å²) >= 11 is 2.17. The summed E-state index contributed by atoms with van der Waals surface area (Å²) in [7, 11) is 3.14. The van der Waals surface area contributed by atoms with Crippen LogP contribution in [0.25, 0.3) is 0 Å². The lowest BCUT2D eigenvalue weighted by Crippen LogP contribution is -2.39. The highest BCUT2D eigenvalue weighted by molar-refractivity contribution is 14.1. The lowest BCUT2D eigenvalue weighted by Gasteiger charge is -2.18. The molecular formula is C28H30IN3O5. The Morgan fingerprint density at radius 1 is 0.973 bits per heavy atom. The second-order valence-electron chi connectivity index (χ2n) is 8.48. The fourth-order valence-electron chi connectivity index (χ4n) is 3.54. The Balaban J connectivity index is 1.65. The summed E-state index contributed by atoms with van der Waals surface area (Å²) in [6.45, 7) is 4.03. The Bertz CT molecular complexity index is 1230. The number of nitrogens with zero attached hydrogens (tertiary/aromatic N) is 1. The molecule has 2 N–H and O–H groups in total. The summed E-state index contributed by atoms with van der Waals surface area (Å²) in [6.07, 6.45) is 1.50. The highest BCUT2D eigenvalue weighted by Gasteiger charge is 2.30. The normalized spacial score (nSPS) is 11.7. The average molecular weight is 615 g/mol. The van der Waals surface area contributed by atoms with Crippen molar-refractivity contribution in [3.8, 4) is 17.2 Å². The van der Waals surface area contributed by atoms with E-state index in [-0.39, 0.29) is 5.92 Å². The van der Waals surface area contributed by atoms with E-state index >= 15 is 0 Å². The third-order valence-corrected chi connectivity index (χ3v) is 6.26. The third kappa shape index (κ3) is 7.94. The molecule has 0 aromatic heterocycles. The number of hydrazone groups is 1. The van der Waals surface area contributed by atoms with Crippen LogP contribution in [0.3, 0.4) is 0 Å². The fourth-order valence-corrected chi connectivity index (χ4v) is 4.32. The van der Waals surface area contributed by atoms with Crippen molar-refractivity contribution in [3.05, 3.63) is 81.4 Å². The summed E-state index contributed by atoms with van der Waals surface area (Å²) in [6, 6.07) is 20.4. The summed E-state index contributed by atoms with van der Waals surface area (Å²) in [5, 5.41) is 6.85. The Kier molecular flexibility index (Phi) is 10.3. The maximum Gasteiger partial charge on any atom is 0.252 e. The molecule has 0 aliphatic rings. The maximum absolute atomic E-state index is 12.8. The Hall–Kier alpha value is -3.60. The first-order valence-corrected chi connectivity index (χ1v) is 12.7. The van der Waals surface area contributed by atoms with Gasteiger partial charge in [0, 0.05) is 5.69 Å². The van der Waals surface area contributed by atoms with Gasteiger partial charge < -0.3 is 19.5 Å². The number of halogens is 1. The minimum atomic E-state index is -0.928. The molecule has 9 heteroatoms. The van der Waals surface area contributed by atoms with Gasteiger partial charge in [-0.05, 0) is 76.0 Å². The molecule has 0 fully saturated rings. The number of benzene rings is 3. The molecule has 0 saturated heterocycles. The largest absolute Gasteiger partial charge is 0.497 e.